The second-order valence-electron chi connectivity index (χ2n) is 10.9. The second kappa shape index (κ2) is 9.52. The highest BCUT2D eigenvalue weighted by Crippen LogP contribution is 2.48. The molecule has 4 N–H and O–H groups in total. The Bertz CT molecular complexity index is 1440. The van der Waals surface area contributed by atoms with Gasteiger partial charge in [0.2, 0.25) is 11.8 Å². The molecule has 2 fully saturated rings. The lowest BCUT2D eigenvalue weighted by Crippen LogP contribution is -2.55. The average Bonchev–Trinajstić information content (AvgIpc) is 2.87. The third-order valence-corrected chi connectivity index (χ3v) is 7.92. The fourth-order valence-corrected chi connectivity index (χ4v) is 5.69. The summed E-state index contributed by atoms with van der Waals surface area (Å²) < 4.78 is 16.1. The highest BCUT2D eigenvalue weighted by Gasteiger charge is 2.50. The number of carbonyl (C=O) groups excluding carboxylic acids is 3. The summed E-state index contributed by atoms with van der Waals surface area (Å²) in [6.45, 7) is 5.40. The molecule has 2 atom stereocenters. The molecule has 5 rings (SSSR count). The van der Waals surface area contributed by atoms with Crippen LogP contribution in [0.1, 0.15) is 66.2 Å². The molecular formula is C28H30FN5O4. The number of hydrogen-bond acceptors (Lipinski definition) is 7. The maximum absolute atomic E-state index is 16.1. The van der Waals surface area contributed by atoms with E-state index in [0.29, 0.717) is 43.6 Å². The number of rotatable bonds is 5. The number of benzene rings is 1. The van der Waals surface area contributed by atoms with Crippen LogP contribution in [0.4, 0.5) is 4.39 Å². The summed E-state index contributed by atoms with van der Waals surface area (Å²) in [5.74, 6) is -2.45. The van der Waals surface area contributed by atoms with E-state index >= 15 is 4.39 Å². The smallest absolute Gasteiger partial charge is 0.267 e. The number of fused-ring (bicyclic) bond motifs is 1. The second-order valence-corrected chi connectivity index (χ2v) is 10.9. The zero-order valence-electron chi connectivity index (χ0n) is 21.3. The Balaban J connectivity index is 1.41. The number of primary amides is 1. The lowest BCUT2D eigenvalue weighted by Gasteiger charge is -2.50. The van der Waals surface area contributed by atoms with Gasteiger partial charge in [-0.3, -0.25) is 34.6 Å². The molecule has 0 aliphatic carbocycles. The molecule has 0 saturated carbocycles. The number of likely N-dealkylation sites (tertiary alicyclic amines) is 1. The van der Waals surface area contributed by atoms with Crippen LogP contribution in [0.2, 0.25) is 0 Å². The summed E-state index contributed by atoms with van der Waals surface area (Å²) in [6, 6.07) is 8.28. The lowest BCUT2D eigenvalue weighted by atomic mass is 9.66. The molecule has 4 heterocycles. The number of nitrogens with one attached hydrogen (secondary N) is 1. The monoisotopic (exact) mass is 519 g/mol. The van der Waals surface area contributed by atoms with Crippen LogP contribution in [0, 0.1) is 11.2 Å². The Morgan fingerprint density at radius 2 is 2.00 bits per heavy atom. The van der Waals surface area contributed by atoms with Crippen LogP contribution >= 0.6 is 0 Å². The quantitative estimate of drug-likeness (QED) is 0.440. The molecule has 2 aliphatic heterocycles. The number of pyridine rings is 2. The standard InChI is InChI=1S/C28H30FN5O4/c1-27(2)15-34(14-16-3-6-22(25(30)36)31-12-16)10-9-28(27,38)20-5-7-21-19(24(20)29)11-17(13-32-21)18-4-8-23(35)33-26(18)37/h3,5-7,11-13,18,38H,4,8-10,14-15H2,1-2H3,(H2,30,36)(H,33,35,37)/t18?,28-/m0/s1. The van der Waals surface area contributed by atoms with Crippen LogP contribution in [-0.4, -0.2) is 50.8 Å². The van der Waals surface area contributed by atoms with Gasteiger partial charge in [-0.2, -0.15) is 0 Å². The summed E-state index contributed by atoms with van der Waals surface area (Å²) in [5.41, 5.74) is 5.37. The average molecular weight is 520 g/mol. The minimum absolute atomic E-state index is 0.198. The van der Waals surface area contributed by atoms with E-state index in [4.69, 9.17) is 5.73 Å². The van der Waals surface area contributed by atoms with Crippen LogP contribution in [-0.2, 0) is 21.7 Å². The van der Waals surface area contributed by atoms with Gasteiger partial charge in [-0.25, -0.2) is 4.39 Å². The summed E-state index contributed by atoms with van der Waals surface area (Å²) in [4.78, 5) is 45.8. The molecule has 10 heteroatoms. The molecule has 0 radical (unpaired) electrons. The van der Waals surface area contributed by atoms with E-state index in [1.54, 1.807) is 42.7 Å². The SMILES string of the molecule is CC1(C)CN(Cc2ccc(C(N)=O)nc2)CC[C@]1(O)c1ccc2ncc(C3CCC(=O)NC3=O)cc2c1F. The molecular weight excluding hydrogens is 489 g/mol. The molecule has 3 aromatic rings. The number of amides is 3. The van der Waals surface area contributed by atoms with Crippen molar-refractivity contribution >= 4 is 28.6 Å². The predicted octanol–water partition coefficient (Wildman–Crippen LogP) is 2.51. The van der Waals surface area contributed by atoms with Gasteiger partial charge in [0.1, 0.15) is 11.5 Å². The number of nitrogens with two attached hydrogens (primary N) is 1. The van der Waals surface area contributed by atoms with E-state index in [-0.39, 0.29) is 29.0 Å². The Hall–Kier alpha value is -3.76. The van der Waals surface area contributed by atoms with E-state index < -0.39 is 34.6 Å². The number of aliphatic hydroxyl groups is 1. The highest BCUT2D eigenvalue weighted by molar-refractivity contribution is 6.01. The van der Waals surface area contributed by atoms with Gasteiger partial charge < -0.3 is 10.8 Å². The number of nitrogens with zero attached hydrogens (tertiary/aromatic N) is 3. The number of halogens is 1. The normalized spacial score (nSPS) is 23.8. The van der Waals surface area contributed by atoms with Crippen molar-refractivity contribution in [2.75, 3.05) is 13.1 Å². The summed E-state index contributed by atoms with van der Waals surface area (Å²) in [6.07, 6.45) is 4.02. The highest BCUT2D eigenvalue weighted by atomic mass is 19.1. The third-order valence-electron chi connectivity index (χ3n) is 7.92. The molecule has 38 heavy (non-hydrogen) atoms. The van der Waals surface area contributed by atoms with Crippen LogP contribution in [0.3, 0.4) is 0 Å². The van der Waals surface area contributed by atoms with E-state index in [1.165, 1.54) is 0 Å². The van der Waals surface area contributed by atoms with Crippen molar-refractivity contribution in [3.63, 3.8) is 0 Å². The number of imide groups is 1. The molecule has 198 valence electrons. The van der Waals surface area contributed by atoms with E-state index in [0.717, 1.165) is 5.56 Å². The molecule has 1 unspecified atom stereocenters. The maximum Gasteiger partial charge on any atom is 0.267 e. The first-order chi connectivity index (χ1) is 18.0. The molecule has 0 bridgehead atoms. The van der Waals surface area contributed by atoms with Gasteiger partial charge in [0.25, 0.3) is 5.91 Å². The fourth-order valence-electron chi connectivity index (χ4n) is 5.69. The molecule has 1 aromatic carbocycles. The zero-order chi connectivity index (χ0) is 27.2. The number of aromatic nitrogens is 2. The molecule has 2 aromatic heterocycles. The largest absolute Gasteiger partial charge is 0.384 e. The van der Waals surface area contributed by atoms with Gasteiger partial charge in [0.15, 0.2) is 0 Å². The minimum Gasteiger partial charge on any atom is -0.384 e. The molecule has 2 saturated heterocycles. The van der Waals surface area contributed by atoms with Crippen molar-refractivity contribution in [2.24, 2.45) is 11.1 Å². The van der Waals surface area contributed by atoms with Crippen LogP contribution in [0.5, 0.6) is 0 Å². The third kappa shape index (κ3) is 4.54. The summed E-state index contributed by atoms with van der Waals surface area (Å²) >= 11 is 0. The van der Waals surface area contributed by atoms with Crippen molar-refractivity contribution in [1.82, 2.24) is 20.2 Å². The zero-order valence-corrected chi connectivity index (χ0v) is 21.3. The molecule has 3 amide bonds. The Morgan fingerprint density at radius 3 is 2.66 bits per heavy atom. The van der Waals surface area contributed by atoms with Gasteiger partial charge in [-0.05, 0) is 42.2 Å². The van der Waals surface area contributed by atoms with Gasteiger partial charge in [0, 0.05) is 54.8 Å². The first kappa shape index (κ1) is 25.9. The number of hydrogen-bond donors (Lipinski definition) is 3. The topological polar surface area (TPSA) is 139 Å². The Labute approximate surface area is 219 Å². The number of piperidine rings is 2. The molecule has 9 nitrogen and oxygen atoms in total. The van der Waals surface area contributed by atoms with Crippen LogP contribution in [0.25, 0.3) is 10.9 Å². The van der Waals surface area contributed by atoms with Crippen molar-refractivity contribution in [3.8, 4) is 0 Å². The van der Waals surface area contributed by atoms with Crippen molar-refractivity contribution in [1.29, 1.82) is 0 Å². The first-order valence-corrected chi connectivity index (χ1v) is 12.6. The van der Waals surface area contributed by atoms with E-state index in [1.807, 2.05) is 13.8 Å². The predicted molar refractivity (Wildman–Crippen MR) is 137 cm³/mol. The molecule has 0 spiro atoms. The first-order valence-electron chi connectivity index (χ1n) is 12.6. The van der Waals surface area contributed by atoms with E-state index in [2.05, 4.69) is 20.2 Å². The van der Waals surface area contributed by atoms with Gasteiger partial charge >= 0.3 is 0 Å². The van der Waals surface area contributed by atoms with Crippen LogP contribution in [0.15, 0.2) is 42.7 Å². The minimum atomic E-state index is -1.44. The summed E-state index contributed by atoms with van der Waals surface area (Å²) in [5, 5.41) is 14.5. The van der Waals surface area contributed by atoms with Crippen LogP contribution < -0.4 is 11.1 Å². The van der Waals surface area contributed by atoms with Crippen molar-refractivity contribution in [3.05, 3.63) is 70.9 Å². The van der Waals surface area contributed by atoms with Gasteiger partial charge in [-0.15, -0.1) is 0 Å². The maximum atomic E-state index is 16.1. The van der Waals surface area contributed by atoms with Gasteiger partial charge in [0.05, 0.1) is 17.0 Å². The fraction of sp³-hybridized carbons (Fsp3) is 0.393. The van der Waals surface area contributed by atoms with Crippen molar-refractivity contribution in [2.45, 2.75) is 51.2 Å². The lowest BCUT2D eigenvalue weighted by molar-refractivity contribution is -0.134. The number of carbonyl (C=O) groups is 3. The van der Waals surface area contributed by atoms with Gasteiger partial charge in [-0.1, -0.05) is 26.0 Å². The van der Waals surface area contributed by atoms with Crippen molar-refractivity contribution < 1.29 is 23.9 Å². The summed E-state index contributed by atoms with van der Waals surface area (Å²) in [7, 11) is 0. The Kier molecular flexibility index (Phi) is 6.48. The molecule has 2 aliphatic rings. The Morgan fingerprint density at radius 1 is 1.21 bits per heavy atom. The van der Waals surface area contributed by atoms with E-state index in [9.17, 15) is 19.5 Å².